The first-order valence-electron chi connectivity index (χ1n) is 7.94. The van der Waals surface area contributed by atoms with E-state index in [-0.39, 0.29) is 10.8 Å². The maximum Gasteiger partial charge on any atom is 0.347 e. The van der Waals surface area contributed by atoms with Gasteiger partial charge in [0.1, 0.15) is 11.8 Å². The molecule has 0 fully saturated rings. The van der Waals surface area contributed by atoms with E-state index in [0.29, 0.717) is 16.3 Å². The average Bonchev–Trinajstić information content (AvgIpc) is 2.64. The largest absolute Gasteiger partial charge is 0.477 e. The molecule has 0 heterocycles. The Labute approximate surface area is 166 Å². The number of benzene rings is 2. The summed E-state index contributed by atoms with van der Waals surface area (Å²) in [6, 6.07) is 13.1. The van der Waals surface area contributed by atoms with Crippen LogP contribution in [0.3, 0.4) is 0 Å². The number of amides is 1. The first-order chi connectivity index (χ1) is 12.8. The molecule has 8 heteroatoms. The molecule has 0 aromatic heterocycles. The van der Waals surface area contributed by atoms with Gasteiger partial charge < -0.3 is 14.8 Å². The molecule has 2 atom stereocenters. The summed E-state index contributed by atoms with van der Waals surface area (Å²) >= 11 is 11.8. The van der Waals surface area contributed by atoms with Crippen molar-refractivity contribution < 1.29 is 19.1 Å². The van der Waals surface area contributed by atoms with E-state index in [0.717, 1.165) is 0 Å². The minimum atomic E-state index is -1.09. The first kappa shape index (κ1) is 20.6. The van der Waals surface area contributed by atoms with Gasteiger partial charge in [-0.2, -0.15) is 5.26 Å². The molecule has 2 aromatic rings. The van der Waals surface area contributed by atoms with E-state index < -0.39 is 24.1 Å². The minimum Gasteiger partial charge on any atom is -0.477 e. The number of carbonyl (C=O) groups excluding carboxylic acids is 2. The van der Waals surface area contributed by atoms with Crippen LogP contribution >= 0.6 is 23.2 Å². The van der Waals surface area contributed by atoms with E-state index in [1.807, 2.05) is 6.07 Å². The first-order valence-corrected chi connectivity index (χ1v) is 8.69. The molecule has 0 radical (unpaired) electrons. The minimum absolute atomic E-state index is 0.251. The second kappa shape index (κ2) is 9.26. The number of nitrogens with one attached hydrogen (secondary N) is 1. The summed E-state index contributed by atoms with van der Waals surface area (Å²) in [6.07, 6.45) is -2.08. The summed E-state index contributed by atoms with van der Waals surface area (Å²) < 4.78 is 10.6. The van der Waals surface area contributed by atoms with Crippen molar-refractivity contribution in [2.45, 2.75) is 26.1 Å². The SMILES string of the molecule is C[C@H](OC(=O)[C@H](C)Oc1ccc(Cl)cc1Cl)C(=O)Nc1ccccc1C#N. The molecular formula is C19H16Cl2N2O4. The van der Waals surface area contributed by atoms with Gasteiger partial charge in [-0.3, -0.25) is 4.79 Å². The molecular weight excluding hydrogens is 391 g/mol. The van der Waals surface area contributed by atoms with Crippen molar-refractivity contribution in [2.24, 2.45) is 0 Å². The fourth-order valence-electron chi connectivity index (χ4n) is 2.06. The van der Waals surface area contributed by atoms with Crippen LogP contribution in [0, 0.1) is 11.3 Å². The lowest BCUT2D eigenvalue weighted by Crippen LogP contribution is -2.35. The number of carbonyl (C=O) groups is 2. The Morgan fingerprint density at radius 3 is 2.48 bits per heavy atom. The second-order valence-electron chi connectivity index (χ2n) is 5.56. The Balaban J connectivity index is 1.95. The molecule has 2 aromatic carbocycles. The van der Waals surface area contributed by atoms with Crippen LogP contribution in [0.1, 0.15) is 19.4 Å². The molecule has 1 N–H and O–H groups in total. The highest BCUT2D eigenvalue weighted by Gasteiger charge is 2.24. The molecule has 2 rings (SSSR count). The average molecular weight is 407 g/mol. The fraction of sp³-hybridized carbons (Fsp3) is 0.211. The fourth-order valence-corrected chi connectivity index (χ4v) is 2.51. The van der Waals surface area contributed by atoms with Crippen LogP contribution in [0.15, 0.2) is 42.5 Å². The molecule has 6 nitrogen and oxygen atoms in total. The Kier molecular flexibility index (Phi) is 7.05. The maximum atomic E-state index is 12.2. The van der Waals surface area contributed by atoms with E-state index >= 15 is 0 Å². The zero-order valence-electron chi connectivity index (χ0n) is 14.5. The van der Waals surface area contributed by atoms with Gasteiger partial charge in [0.25, 0.3) is 5.91 Å². The summed E-state index contributed by atoms with van der Waals surface area (Å²) in [4.78, 5) is 24.4. The van der Waals surface area contributed by atoms with Crippen molar-refractivity contribution in [1.29, 1.82) is 5.26 Å². The van der Waals surface area contributed by atoms with E-state index in [1.54, 1.807) is 30.3 Å². The molecule has 0 aliphatic carbocycles. The van der Waals surface area contributed by atoms with Gasteiger partial charge in [-0.05, 0) is 44.2 Å². The third-order valence-electron chi connectivity index (χ3n) is 3.50. The van der Waals surface area contributed by atoms with Gasteiger partial charge in [0.2, 0.25) is 0 Å². The smallest absolute Gasteiger partial charge is 0.347 e. The van der Waals surface area contributed by atoms with Crippen LogP contribution in [0.2, 0.25) is 10.0 Å². The highest BCUT2D eigenvalue weighted by molar-refractivity contribution is 6.35. The number of esters is 1. The van der Waals surface area contributed by atoms with Crippen molar-refractivity contribution in [3.63, 3.8) is 0 Å². The second-order valence-corrected chi connectivity index (χ2v) is 6.40. The zero-order valence-corrected chi connectivity index (χ0v) is 16.0. The van der Waals surface area contributed by atoms with Crippen LogP contribution in [-0.2, 0) is 14.3 Å². The Bertz CT molecular complexity index is 896. The molecule has 0 saturated carbocycles. The number of nitrogens with zero attached hydrogens (tertiary/aromatic N) is 1. The lowest BCUT2D eigenvalue weighted by atomic mass is 10.2. The lowest BCUT2D eigenvalue weighted by Gasteiger charge is -2.18. The highest BCUT2D eigenvalue weighted by atomic mass is 35.5. The van der Waals surface area contributed by atoms with Gasteiger partial charge in [0.15, 0.2) is 12.2 Å². The van der Waals surface area contributed by atoms with Crippen LogP contribution < -0.4 is 10.1 Å². The predicted molar refractivity (Wildman–Crippen MR) is 102 cm³/mol. The number of rotatable bonds is 6. The van der Waals surface area contributed by atoms with E-state index in [1.165, 1.54) is 26.0 Å². The summed E-state index contributed by atoms with van der Waals surface area (Å²) in [5.74, 6) is -1.04. The number of para-hydroxylation sites is 1. The number of halogens is 2. The summed E-state index contributed by atoms with van der Waals surface area (Å²) in [5.41, 5.74) is 0.642. The number of hydrogen-bond acceptors (Lipinski definition) is 5. The summed E-state index contributed by atoms with van der Waals surface area (Å²) in [6.45, 7) is 2.90. The van der Waals surface area contributed by atoms with Crippen molar-refractivity contribution in [2.75, 3.05) is 5.32 Å². The highest BCUT2D eigenvalue weighted by Crippen LogP contribution is 2.28. The molecule has 0 spiro atoms. The van der Waals surface area contributed by atoms with E-state index in [4.69, 9.17) is 37.9 Å². The van der Waals surface area contributed by atoms with Crippen LogP contribution in [0.5, 0.6) is 5.75 Å². The van der Waals surface area contributed by atoms with Gasteiger partial charge in [0.05, 0.1) is 16.3 Å². The Hall–Kier alpha value is -2.75. The monoisotopic (exact) mass is 406 g/mol. The normalized spacial score (nSPS) is 12.4. The Morgan fingerprint density at radius 2 is 1.81 bits per heavy atom. The third kappa shape index (κ3) is 5.61. The van der Waals surface area contributed by atoms with Crippen molar-refractivity contribution in [3.8, 4) is 11.8 Å². The zero-order chi connectivity index (χ0) is 20.0. The number of ether oxygens (including phenoxy) is 2. The number of hydrogen-bond donors (Lipinski definition) is 1. The standard InChI is InChI=1S/C19H16Cl2N2O4/c1-11(18(24)23-16-6-4-3-5-13(16)10-22)27-19(25)12(2)26-17-8-7-14(20)9-15(17)21/h3-9,11-12H,1-2H3,(H,23,24)/t11-,12-/m0/s1. The number of anilines is 1. The lowest BCUT2D eigenvalue weighted by molar-refractivity contribution is -0.159. The van der Waals surface area contributed by atoms with E-state index in [2.05, 4.69) is 5.32 Å². The van der Waals surface area contributed by atoms with Gasteiger partial charge in [-0.25, -0.2) is 4.79 Å². The molecule has 0 aliphatic rings. The van der Waals surface area contributed by atoms with Crippen LogP contribution in [0.25, 0.3) is 0 Å². The summed E-state index contributed by atoms with van der Waals surface area (Å²) in [7, 11) is 0. The van der Waals surface area contributed by atoms with Crippen molar-refractivity contribution in [3.05, 3.63) is 58.1 Å². The molecule has 1 amide bonds. The predicted octanol–water partition coefficient (Wildman–Crippen LogP) is 4.20. The van der Waals surface area contributed by atoms with Gasteiger partial charge in [0, 0.05) is 5.02 Å². The maximum absolute atomic E-state index is 12.2. The molecule has 140 valence electrons. The number of nitriles is 1. The van der Waals surface area contributed by atoms with Gasteiger partial charge in [-0.15, -0.1) is 0 Å². The summed E-state index contributed by atoms with van der Waals surface area (Å²) in [5, 5.41) is 12.3. The van der Waals surface area contributed by atoms with Crippen LogP contribution in [-0.4, -0.2) is 24.1 Å². The molecule has 0 unspecified atom stereocenters. The molecule has 0 aliphatic heterocycles. The van der Waals surface area contributed by atoms with Crippen LogP contribution in [0.4, 0.5) is 5.69 Å². The molecule has 0 bridgehead atoms. The molecule has 0 saturated heterocycles. The topological polar surface area (TPSA) is 88.4 Å². The Morgan fingerprint density at radius 1 is 1.11 bits per heavy atom. The molecule has 27 heavy (non-hydrogen) atoms. The van der Waals surface area contributed by atoms with Gasteiger partial charge >= 0.3 is 5.97 Å². The quantitative estimate of drug-likeness (QED) is 0.725. The van der Waals surface area contributed by atoms with Crippen molar-refractivity contribution in [1.82, 2.24) is 0 Å². The van der Waals surface area contributed by atoms with E-state index in [9.17, 15) is 9.59 Å². The third-order valence-corrected chi connectivity index (χ3v) is 4.03. The van der Waals surface area contributed by atoms with Crippen molar-refractivity contribution >= 4 is 40.8 Å². The van der Waals surface area contributed by atoms with Gasteiger partial charge in [-0.1, -0.05) is 35.3 Å².